The number of ether oxygens (including phenoxy) is 2. The highest BCUT2D eigenvalue weighted by Gasteiger charge is 2.31. The molecular formula is C21H26N4O3. The first-order valence-electron chi connectivity index (χ1n) is 9.74. The second-order valence-corrected chi connectivity index (χ2v) is 7.09. The maximum Gasteiger partial charge on any atom is 0.330 e. The molecule has 0 bridgehead atoms. The predicted octanol–water partition coefficient (Wildman–Crippen LogP) is 3.20. The van der Waals surface area contributed by atoms with Crippen LogP contribution in [0.1, 0.15) is 44.2 Å². The first-order valence-corrected chi connectivity index (χ1v) is 9.74. The molecule has 3 rings (SSSR count). The summed E-state index contributed by atoms with van der Waals surface area (Å²) in [7, 11) is 1.54. The van der Waals surface area contributed by atoms with Crippen LogP contribution in [0.4, 0.5) is 5.82 Å². The topological polar surface area (TPSA) is 88.3 Å². The second-order valence-electron chi connectivity index (χ2n) is 7.09. The predicted molar refractivity (Wildman–Crippen MR) is 106 cm³/mol. The number of fused-ring (bicyclic) bond motifs is 1. The van der Waals surface area contributed by atoms with Gasteiger partial charge in [-0.3, -0.25) is 4.79 Å². The molecule has 0 spiro atoms. The van der Waals surface area contributed by atoms with Crippen LogP contribution in [0.15, 0.2) is 24.3 Å². The van der Waals surface area contributed by atoms with Gasteiger partial charge in [0.2, 0.25) is 0 Å². The first kappa shape index (κ1) is 20.0. The van der Waals surface area contributed by atoms with E-state index in [0.717, 1.165) is 31.4 Å². The van der Waals surface area contributed by atoms with Gasteiger partial charge in [0.25, 0.3) is 0 Å². The van der Waals surface area contributed by atoms with Gasteiger partial charge in [0.15, 0.2) is 11.7 Å². The fraction of sp³-hybridized carbons (Fsp3) is 0.524. The lowest BCUT2D eigenvalue weighted by atomic mass is 10.1. The molecule has 1 aromatic carbocycles. The lowest BCUT2D eigenvalue weighted by Crippen LogP contribution is -2.30. The number of para-hydroxylation sites is 2. The summed E-state index contributed by atoms with van der Waals surface area (Å²) < 4.78 is 10.4. The lowest BCUT2D eigenvalue weighted by molar-refractivity contribution is -0.150. The van der Waals surface area contributed by atoms with E-state index in [0.29, 0.717) is 17.0 Å². The van der Waals surface area contributed by atoms with Crippen LogP contribution in [-0.4, -0.2) is 48.8 Å². The number of esters is 1. The fourth-order valence-electron chi connectivity index (χ4n) is 3.47. The SMILES string of the molecule is COC[C@@H](C)OC(=O)[C@@H](C#N)c1nc2ccccc2nc1N1CCCCCC1. The van der Waals surface area contributed by atoms with Gasteiger partial charge in [0, 0.05) is 20.2 Å². The minimum atomic E-state index is -1.13. The minimum absolute atomic E-state index is 0.270. The third-order valence-corrected chi connectivity index (χ3v) is 4.84. The Hall–Kier alpha value is -2.72. The molecule has 0 radical (unpaired) electrons. The van der Waals surface area contributed by atoms with Crippen LogP contribution in [0.5, 0.6) is 0 Å². The Morgan fingerprint density at radius 1 is 1.18 bits per heavy atom. The fourth-order valence-corrected chi connectivity index (χ4v) is 3.47. The number of hydrogen-bond acceptors (Lipinski definition) is 7. The molecule has 7 nitrogen and oxygen atoms in total. The number of methoxy groups -OCH3 is 1. The van der Waals surface area contributed by atoms with Crippen LogP contribution < -0.4 is 4.90 Å². The summed E-state index contributed by atoms with van der Waals surface area (Å²) in [5.74, 6) is -1.13. The Bertz CT molecular complexity index is 856. The molecule has 0 unspecified atom stereocenters. The zero-order valence-electron chi connectivity index (χ0n) is 16.4. The van der Waals surface area contributed by atoms with Gasteiger partial charge in [-0.25, -0.2) is 9.97 Å². The normalized spacial score (nSPS) is 16.8. The molecule has 1 aromatic heterocycles. The second kappa shape index (κ2) is 9.47. The quantitative estimate of drug-likeness (QED) is 0.709. The molecular weight excluding hydrogens is 356 g/mol. The van der Waals surface area contributed by atoms with Gasteiger partial charge in [-0.2, -0.15) is 5.26 Å². The highest BCUT2D eigenvalue weighted by molar-refractivity contribution is 5.85. The van der Waals surface area contributed by atoms with Gasteiger partial charge in [-0.05, 0) is 31.9 Å². The van der Waals surface area contributed by atoms with E-state index in [1.54, 1.807) is 14.0 Å². The van der Waals surface area contributed by atoms with Gasteiger partial charge in [0.1, 0.15) is 11.8 Å². The monoisotopic (exact) mass is 382 g/mol. The van der Waals surface area contributed by atoms with Gasteiger partial charge < -0.3 is 14.4 Å². The number of nitrogens with zero attached hydrogens (tertiary/aromatic N) is 4. The van der Waals surface area contributed by atoms with E-state index in [4.69, 9.17) is 14.5 Å². The van der Waals surface area contributed by atoms with Crippen molar-refractivity contribution in [3.05, 3.63) is 30.0 Å². The third-order valence-electron chi connectivity index (χ3n) is 4.84. The number of rotatable bonds is 6. The van der Waals surface area contributed by atoms with Crippen LogP contribution in [0.3, 0.4) is 0 Å². The Balaban J connectivity index is 2.02. The molecule has 148 valence electrons. The molecule has 1 aliphatic rings. The zero-order chi connectivity index (χ0) is 19.9. The van der Waals surface area contributed by atoms with Crippen molar-refractivity contribution in [3.8, 4) is 6.07 Å². The highest BCUT2D eigenvalue weighted by atomic mass is 16.6. The first-order chi connectivity index (χ1) is 13.6. The van der Waals surface area contributed by atoms with E-state index < -0.39 is 18.0 Å². The summed E-state index contributed by atoms with van der Waals surface area (Å²) in [6.45, 7) is 3.68. The number of carbonyl (C=O) groups excluding carboxylic acids is 1. The molecule has 1 aliphatic heterocycles. The van der Waals surface area contributed by atoms with Gasteiger partial charge >= 0.3 is 5.97 Å². The summed E-state index contributed by atoms with van der Waals surface area (Å²) in [6, 6.07) is 9.59. The molecule has 0 amide bonds. The van der Waals surface area contributed by atoms with E-state index >= 15 is 0 Å². The van der Waals surface area contributed by atoms with E-state index in [2.05, 4.69) is 16.0 Å². The number of carbonyl (C=O) groups is 1. The van der Waals surface area contributed by atoms with Crippen LogP contribution in [-0.2, 0) is 14.3 Å². The summed E-state index contributed by atoms with van der Waals surface area (Å²) in [6.07, 6.45) is 4.01. The number of aromatic nitrogens is 2. The van der Waals surface area contributed by atoms with Gasteiger partial charge in [0.05, 0.1) is 23.7 Å². The number of anilines is 1. The maximum atomic E-state index is 12.7. The van der Waals surface area contributed by atoms with Crippen molar-refractivity contribution in [1.29, 1.82) is 5.26 Å². The highest BCUT2D eigenvalue weighted by Crippen LogP contribution is 2.29. The number of nitriles is 1. The van der Waals surface area contributed by atoms with Gasteiger partial charge in [-0.1, -0.05) is 25.0 Å². The Labute approximate surface area is 165 Å². The Morgan fingerprint density at radius 3 is 2.43 bits per heavy atom. The summed E-state index contributed by atoms with van der Waals surface area (Å²) in [5, 5.41) is 9.77. The lowest BCUT2D eigenvalue weighted by Gasteiger charge is -2.25. The van der Waals surface area contributed by atoms with E-state index in [-0.39, 0.29) is 6.61 Å². The van der Waals surface area contributed by atoms with E-state index in [1.807, 2.05) is 24.3 Å². The summed E-state index contributed by atoms with van der Waals surface area (Å²) >= 11 is 0. The van der Waals surface area contributed by atoms with Crippen molar-refractivity contribution < 1.29 is 14.3 Å². The Morgan fingerprint density at radius 2 is 1.82 bits per heavy atom. The average Bonchev–Trinajstić information content (AvgIpc) is 2.97. The van der Waals surface area contributed by atoms with Crippen molar-refractivity contribution in [1.82, 2.24) is 9.97 Å². The van der Waals surface area contributed by atoms with E-state index in [1.165, 1.54) is 12.8 Å². The molecule has 7 heteroatoms. The standard InChI is InChI=1S/C21H26N4O3/c1-15(14-27-2)28-21(26)16(13-22)19-20(25-11-7-3-4-8-12-25)24-18-10-6-5-9-17(18)23-19/h5-6,9-10,15-16H,3-4,7-8,11-12,14H2,1-2H3/t15-,16+/m1/s1. The molecule has 1 saturated heterocycles. The van der Waals surface area contributed by atoms with Gasteiger partial charge in [-0.15, -0.1) is 0 Å². The van der Waals surface area contributed by atoms with Crippen LogP contribution >= 0.6 is 0 Å². The minimum Gasteiger partial charge on any atom is -0.459 e. The van der Waals surface area contributed by atoms with Crippen LogP contribution in [0, 0.1) is 11.3 Å². The van der Waals surface area contributed by atoms with E-state index in [9.17, 15) is 10.1 Å². The zero-order valence-corrected chi connectivity index (χ0v) is 16.4. The molecule has 0 aliphatic carbocycles. The number of hydrogen-bond donors (Lipinski definition) is 0. The molecule has 1 fully saturated rings. The largest absolute Gasteiger partial charge is 0.459 e. The molecule has 2 heterocycles. The third kappa shape index (κ3) is 4.57. The average molecular weight is 382 g/mol. The molecule has 2 atom stereocenters. The summed E-state index contributed by atoms with van der Waals surface area (Å²) in [5.41, 5.74) is 1.79. The van der Waals surface area contributed by atoms with Crippen molar-refractivity contribution in [2.24, 2.45) is 0 Å². The molecule has 0 N–H and O–H groups in total. The Kier molecular flexibility index (Phi) is 6.77. The van der Waals surface area contributed by atoms with Crippen molar-refractivity contribution in [3.63, 3.8) is 0 Å². The van der Waals surface area contributed by atoms with Crippen LogP contribution in [0.2, 0.25) is 0 Å². The molecule has 28 heavy (non-hydrogen) atoms. The number of benzene rings is 1. The van der Waals surface area contributed by atoms with Crippen molar-refractivity contribution in [2.75, 3.05) is 31.7 Å². The van der Waals surface area contributed by atoms with Crippen molar-refractivity contribution >= 4 is 22.8 Å². The molecule has 0 saturated carbocycles. The smallest absolute Gasteiger partial charge is 0.330 e. The molecule has 2 aromatic rings. The van der Waals surface area contributed by atoms with Crippen LogP contribution in [0.25, 0.3) is 11.0 Å². The maximum absolute atomic E-state index is 12.7. The summed E-state index contributed by atoms with van der Waals surface area (Å²) in [4.78, 5) is 24.3. The van der Waals surface area contributed by atoms with Crippen molar-refractivity contribution in [2.45, 2.75) is 44.6 Å².